The van der Waals surface area contributed by atoms with Crippen LogP contribution in [-0.2, 0) is 14.3 Å². The minimum Gasteiger partial charge on any atom is -0.481 e. The number of ether oxygens (including phenoxy) is 1. The second-order valence-corrected chi connectivity index (χ2v) is 6.41. The molecule has 0 unspecified atom stereocenters. The molecule has 0 atom stereocenters. The highest BCUT2D eigenvalue weighted by molar-refractivity contribution is 5.79. The van der Waals surface area contributed by atoms with Crippen LogP contribution in [-0.4, -0.2) is 46.4 Å². The molecule has 1 aliphatic rings. The number of hydrogen-bond acceptors (Lipinski definition) is 4. The van der Waals surface area contributed by atoms with Crippen LogP contribution in [0, 0.1) is 0 Å². The SMILES string of the molecule is CCCC(O)(CCC)CC(=O)NC1(CC(=O)O)CCOCC1. The monoisotopic (exact) mass is 315 g/mol. The molecule has 6 nitrogen and oxygen atoms in total. The molecule has 0 aromatic carbocycles. The van der Waals surface area contributed by atoms with Crippen LogP contribution in [0.25, 0.3) is 0 Å². The highest BCUT2D eigenvalue weighted by Gasteiger charge is 2.38. The normalized spacial score (nSPS) is 18.0. The van der Waals surface area contributed by atoms with E-state index < -0.39 is 17.1 Å². The summed E-state index contributed by atoms with van der Waals surface area (Å²) in [6.45, 7) is 4.84. The zero-order valence-corrected chi connectivity index (χ0v) is 13.7. The summed E-state index contributed by atoms with van der Waals surface area (Å²) in [6.07, 6.45) is 3.65. The van der Waals surface area contributed by atoms with E-state index in [4.69, 9.17) is 9.84 Å². The molecule has 1 saturated heterocycles. The van der Waals surface area contributed by atoms with Crippen molar-refractivity contribution in [2.24, 2.45) is 0 Å². The summed E-state index contributed by atoms with van der Waals surface area (Å²) in [5.41, 5.74) is -1.75. The molecule has 1 heterocycles. The van der Waals surface area contributed by atoms with Crippen molar-refractivity contribution in [3.63, 3.8) is 0 Å². The van der Waals surface area contributed by atoms with Crippen molar-refractivity contribution in [1.29, 1.82) is 0 Å². The maximum atomic E-state index is 12.4. The number of carbonyl (C=O) groups is 2. The van der Waals surface area contributed by atoms with Crippen molar-refractivity contribution in [1.82, 2.24) is 5.32 Å². The lowest BCUT2D eigenvalue weighted by molar-refractivity contribution is -0.141. The Kier molecular flexibility index (Phi) is 7.29. The van der Waals surface area contributed by atoms with Gasteiger partial charge in [0.25, 0.3) is 0 Å². The molecular formula is C16H29NO5. The van der Waals surface area contributed by atoms with Gasteiger partial charge < -0.3 is 20.3 Å². The molecule has 0 radical (unpaired) electrons. The summed E-state index contributed by atoms with van der Waals surface area (Å²) < 4.78 is 5.27. The summed E-state index contributed by atoms with van der Waals surface area (Å²) in [5.74, 6) is -1.20. The van der Waals surface area contributed by atoms with E-state index in [1.165, 1.54) is 0 Å². The maximum Gasteiger partial charge on any atom is 0.305 e. The van der Waals surface area contributed by atoms with Gasteiger partial charge in [-0.05, 0) is 25.7 Å². The van der Waals surface area contributed by atoms with E-state index in [2.05, 4.69) is 5.32 Å². The molecule has 0 aromatic rings. The van der Waals surface area contributed by atoms with Crippen LogP contribution in [0.3, 0.4) is 0 Å². The number of aliphatic carboxylic acids is 1. The average molecular weight is 315 g/mol. The van der Waals surface area contributed by atoms with Gasteiger partial charge in [-0.15, -0.1) is 0 Å². The molecule has 1 fully saturated rings. The first-order valence-corrected chi connectivity index (χ1v) is 8.18. The number of nitrogens with one attached hydrogen (secondary N) is 1. The van der Waals surface area contributed by atoms with Gasteiger partial charge in [0.15, 0.2) is 0 Å². The second kappa shape index (κ2) is 8.48. The number of carboxylic acids is 1. The standard InChI is InChI=1S/C16H29NO5/c1-3-5-16(21,6-4-2)11-13(18)17-15(12-14(19)20)7-9-22-10-8-15/h21H,3-12H2,1-2H3,(H,17,18)(H,19,20). The predicted molar refractivity (Wildman–Crippen MR) is 82.6 cm³/mol. The van der Waals surface area contributed by atoms with E-state index in [1.54, 1.807) is 0 Å². The van der Waals surface area contributed by atoms with E-state index in [0.29, 0.717) is 38.9 Å². The minimum absolute atomic E-state index is 0.0247. The lowest BCUT2D eigenvalue weighted by Gasteiger charge is -2.38. The number of aliphatic hydroxyl groups is 1. The zero-order valence-electron chi connectivity index (χ0n) is 13.7. The largest absolute Gasteiger partial charge is 0.481 e. The smallest absolute Gasteiger partial charge is 0.305 e. The van der Waals surface area contributed by atoms with E-state index in [1.807, 2.05) is 13.8 Å². The minimum atomic E-state index is -0.997. The highest BCUT2D eigenvalue weighted by atomic mass is 16.5. The van der Waals surface area contributed by atoms with Gasteiger partial charge in [-0.25, -0.2) is 0 Å². The van der Waals surface area contributed by atoms with Gasteiger partial charge in [0.05, 0.1) is 24.0 Å². The van der Waals surface area contributed by atoms with Gasteiger partial charge in [-0.3, -0.25) is 9.59 Å². The summed E-state index contributed by atoms with van der Waals surface area (Å²) >= 11 is 0. The van der Waals surface area contributed by atoms with Crippen LogP contribution in [0.15, 0.2) is 0 Å². The van der Waals surface area contributed by atoms with Crippen molar-refractivity contribution < 1.29 is 24.5 Å². The van der Waals surface area contributed by atoms with Gasteiger partial charge in [0.2, 0.25) is 5.91 Å². The Morgan fingerprint density at radius 2 is 1.73 bits per heavy atom. The van der Waals surface area contributed by atoms with Gasteiger partial charge in [-0.2, -0.15) is 0 Å². The van der Waals surface area contributed by atoms with Crippen molar-refractivity contribution in [3.05, 3.63) is 0 Å². The highest BCUT2D eigenvalue weighted by Crippen LogP contribution is 2.27. The van der Waals surface area contributed by atoms with Gasteiger partial charge in [0, 0.05) is 13.2 Å². The molecule has 1 rings (SSSR count). The Morgan fingerprint density at radius 1 is 1.18 bits per heavy atom. The quantitative estimate of drug-likeness (QED) is 0.603. The maximum absolute atomic E-state index is 12.4. The zero-order chi connectivity index (χ0) is 16.6. The number of carboxylic acid groups (broad SMARTS) is 1. The van der Waals surface area contributed by atoms with Crippen molar-refractivity contribution in [2.45, 2.75) is 76.4 Å². The van der Waals surface area contributed by atoms with E-state index in [-0.39, 0.29) is 18.7 Å². The second-order valence-electron chi connectivity index (χ2n) is 6.41. The summed E-state index contributed by atoms with van der Waals surface area (Å²) in [4.78, 5) is 23.5. The molecule has 0 saturated carbocycles. The molecule has 3 N–H and O–H groups in total. The molecule has 1 aliphatic heterocycles. The lowest BCUT2D eigenvalue weighted by Crippen LogP contribution is -2.54. The number of carbonyl (C=O) groups excluding carboxylic acids is 1. The van der Waals surface area contributed by atoms with E-state index in [9.17, 15) is 14.7 Å². The first kappa shape index (κ1) is 18.9. The fourth-order valence-corrected chi connectivity index (χ4v) is 3.27. The average Bonchev–Trinajstić information content (AvgIpc) is 2.38. The Labute approximate surface area is 132 Å². The molecule has 0 spiro atoms. The molecule has 0 aliphatic carbocycles. The third kappa shape index (κ3) is 5.93. The first-order valence-electron chi connectivity index (χ1n) is 8.18. The summed E-state index contributed by atoms with van der Waals surface area (Å²) in [5, 5.41) is 22.6. The number of amides is 1. The van der Waals surface area contributed by atoms with Crippen LogP contribution in [0.1, 0.15) is 65.2 Å². The Balaban J connectivity index is 2.71. The third-order valence-electron chi connectivity index (χ3n) is 4.26. The van der Waals surface area contributed by atoms with Crippen molar-refractivity contribution in [2.75, 3.05) is 13.2 Å². The van der Waals surface area contributed by atoms with E-state index in [0.717, 1.165) is 12.8 Å². The molecule has 1 amide bonds. The fraction of sp³-hybridized carbons (Fsp3) is 0.875. The van der Waals surface area contributed by atoms with Crippen LogP contribution in [0.5, 0.6) is 0 Å². The number of hydrogen-bond donors (Lipinski definition) is 3. The molecule has 0 bridgehead atoms. The van der Waals surface area contributed by atoms with Crippen LogP contribution in [0.2, 0.25) is 0 Å². The molecule has 128 valence electrons. The topological polar surface area (TPSA) is 95.9 Å². The van der Waals surface area contributed by atoms with E-state index >= 15 is 0 Å². The Morgan fingerprint density at radius 3 is 2.18 bits per heavy atom. The summed E-state index contributed by atoms with van der Waals surface area (Å²) in [7, 11) is 0. The Hall–Kier alpha value is -1.14. The van der Waals surface area contributed by atoms with Gasteiger partial charge in [0.1, 0.15) is 0 Å². The molecule has 22 heavy (non-hydrogen) atoms. The molecular weight excluding hydrogens is 286 g/mol. The Bertz CT molecular complexity index is 371. The summed E-state index contributed by atoms with van der Waals surface area (Å²) in [6, 6.07) is 0. The van der Waals surface area contributed by atoms with Gasteiger partial charge in [-0.1, -0.05) is 26.7 Å². The molecule has 0 aromatic heterocycles. The lowest BCUT2D eigenvalue weighted by atomic mass is 9.84. The first-order chi connectivity index (χ1) is 10.3. The van der Waals surface area contributed by atoms with Crippen LogP contribution >= 0.6 is 0 Å². The van der Waals surface area contributed by atoms with Crippen molar-refractivity contribution >= 4 is 11.9 Å². The van der Waals surface area contributed by atoms with Crippen LogP contribution in [0.4, 0.5) is 0 Å². The fourth-order valence-electron chi connectivity index (χ4n) is 3.27. The van der Waals surface area contributed by atoms with Gasteiger partial charge >= 0.3 is 5.97 Å². The van der Waals surface area contributed by atoms with Crippen molar-refractivity contribution in [3.8, 4) is 0 Å². The molecule has 6 heteroatoms. The third-order valence-corrected chi connectivity index (χ3v) is 4.26. The van der Waals surface area contributed by atoms with Crippen LogP contribution < -0.4 is 5.32 Å². The number of rotatable bonds is 9. The predicted octanol–water partition coefficient (Wildman–Crippen LogP) is 1.85.